The Labute approximate surface area is 157 Å². The summed E-state index contributed by atoms with van der Waals surface area (Å²) in [6.07, 6.45) is 1.04. The number of carbonyl (C=O) groups excluding carboxylic acids is 1. The van der Waals surface area contributed by atoms with Gasteiger partial charge in [-0.25, -0.2) is 0 Å². The normalized spacial score (nSPS) is 11.4. The van der Waals surface area contributed by atoms with Crippen LogP contribution in [0, 0.1) is 13.8 Å². The lowest BCUT2D eigenvalue weighted by Crippen LogP contribution is -2.13. The van der Waals surface area contributed by atoms with Crippen LogP contribution in [-0.2, 0) is 21.3 Å². The molecule has 0 heterocycles. The first-order valence-corrected chi connectivity index (χ1v) is 9.76. The van der Waals surface area contributed by atoms with E-state index in [4.69, 9.17) is 27.4 Å². The lowest BCUT2D eigenvalue weighted by atomic mass is 10.1. The fraction of sp³-hybridized carbons (Fsp3) is 0.278. The molecule has 0 aromatic heterocycles. The zero-order valence-corrected chi connectivity index (χ0v) is 16.4. The van der Waals surface area contributed by atoms with Crippen molar-refractivity contribution in [3.63, 3.8) is 0 Å². The minimum absolute atomic E-state index is 0.0972. The highest BCUT2D eigenvalue weighted by Gasteiger charge is 2.26. The topological polar surface area (TPSA) is 60.4 Å². The van der Waals surface area contributed by atoms with Gasteiger partial charge in [-0.15, -0.1) is 0 Å². The van der Waals surface area contributed by atoms with Gasteiger partial charge in [-0.05, 0) is 62.1 Å². The molecule has 2 aromatic rings. The van der Waals surface area contributed by atoms with Gasteiger partial charge in [0.05, 0.1) is 5.02 Å². The quantitative estimate of drug-likeness (QED) is 0.646. The van der Waals surface area contributed by atoms with Crippen LogP contribution in [0.25, 0.3) is 0 Å². The molecule has 134 valence electrons. The number of rotatable bonds is 6. The van der Waals surface area contributed by atoms with E-state index in [0.29, 0.717) is 29.0 Å². The highest BCUT2D eigenvalue weighted by molar-refractivity contribution is 7.87. The maximum Gasteiger partial charge on any atom is 0.341 e. The molecule has 0 atom stereocenters. The Kier molecular flexibility index (Phi) is 6.14. The van der Waals surface area contributed by atoms with Gasteiger partial charge in [0.15, 0.2) is 0 Å². The van der Waals surface area contributed by atoms with Crippen LogP contribution < -0.4 is 4.18 Å². The van der Waals surface area contributed by atoms with Crippen LogP contribution in [0.4, 0.5) is 0 Å². The second kappa shape index (κ2) is 7.77. The fourth-order valence-electron chi connectivity index (χ4n) is 2.31. The van der Waals surface area contributed by atoms with Gasteiger partial charge in [0.1, 0.15) is 16.4 Å². The van der Waals surface area contributed by atoms with E-state index >= 15 is 0 Å². The summed E-state index contributed by atoms with van der Waals surface area (Å²) in [5.41, 5.74) is 1.82. The fourth-order valence-corrected chi connectivity index (χ4v) is 4.42. The molecular weight excluding hydrogens is 383 g/mol. The first-order valence-electron chi connectivity index (χ1n) is 7.60. The summed E-state index contributed by atoms with van der Waals surface area (Å²) in [5, 5.41) is 0.406. The molecule has 2 aromatic carbocycles. The average Bonchev–Trinajstić information content (AvgIpc) is 2.52. The summed E-state index contributed by atoms with van der Waals surface area (Å²) in [5.74, 6) is 0.268. The van der Waals surface area contributed by atoms with Crippen LogP contribution in [-0.4, -0.2) is 14.2 Å². The average molecular weight is 401 g/mol. The maximum atomic E-state index is 12.6. The molecule has 2 rings (SSSR count). The highest BCUT2D eigenvalue weighted by Crippen LogP contribution is 2.34. The largest absolute Gasteiger partial charge is 0.379 e. The maximum absolute atomic E-state index is 12.6. The predicted molar refractivity (Wildman–Crippen MR) is 99.2 cm³/mol. The van der Waals surface area contributed by atoms with E-state index in [1.807, 2.05) is 0 Å². The van der Waals surface area contributed by atoms with Crippen LogP contribution in [0.3, 0.4) is 0 Å². The summed E-state index contributed by atoms with van der Waals surface area (Å²) in [7, 11) is -4.13. The van der Waals surface area contributed by atoms with Crippen LogP contribution >= 0.6 is 23.2 Å². The van der Waals surface area contributed by atoms with Crippen molar-refractivity contribution in [1.82, 2.24) is 0 Å². The number of Topliss-reactive ketones (excluding diaryl/α,β-unsaturated/α-hetero) is 1. The first-order chi connectivity index (χ1) is 11.6. The predicted octanol–water partition coefficient (Wildman–Crippen LogP) is 4.90. The lowest BCUT2D eigenvalue weighted by Gasteiger charge is -2.14. The van der Waals surface area contributed by atoms with Crippen molar-refractivity contribution >= 4 is 39.1 Å². The van der Waals surface area contributed by atoms with Crippen LogP contribution in [0.15, 0.2) is 35.2 Å². The van der Waals surface area contributed by atoms with Crippen LogP contribution in [0.5, 0.6) is 5.75 Å². The minimum atomic E-state index is -4.13. The summed E-state index contributed by atoms with van der Waals surface area (Å²) in [6, 6.07) is 8.17. The third kappa shape index (κ3) is 4.75. The zero-order chi connectivity index (χ0) is 18.8. The number of carbonyl (C=O) groups is 1. The van der Waals surface area contributed by atoms with Gasteiger partial charge in [-0.3, -0.25) is 0 Å². The third-order valence-electron chi connectivity index (χ3n) is 3.73. The first kappa shape index (κ1) is 19.8. The van der Waals surface area contributed by atoms with Gasteiger partial charge in [-0.1, -0.05) is 35.3 Å². The Hall–Kier alpha value is -1.56. The molecule has 0 amide bonds. The van der Waals surface area contributed by atoms with Crippen molar-refractivity contribution in [1.29, 1.82) is 0 Å². The van der Waals surface area contributed by atoms with E-state index in [9.17, 15) is 13.2 Å². The Morgan fingerprint density at radius 3 is 2.28 bits per heavy atom. The molecule has 7 heteroatoms. The van der Waals surface area contributed by atoms with E-state index in [1.165, 1.54) is 6.92 Å². The number of halogens is 2. The minimum Gasteiger partial charge on any atom is -0.379 e. The summed E-state index contributed by atoms with van der Waals surface area (Å²) >= 11 is 12.2. The van der Waals surface area contributed by atoms with Crippen molar-refractivity contribution in [2.24, 2.45) is 0 Å². The summed E-state index contributed by atoms with van der Waals surface area (Å²) < 4.78 is 30.5. The standard InChI is InChI=1S/C18H18Cl2O4S/c1-11-10-16(19)13(3)18(17(11)20)25(22,23)24-15-8-6-14(7-9-15)5-4-12(2)21/h6-10H,4-5H2,1-3H3. The zero-order valence-electron chi connectivity index (χ0n) is 14.1. The number of hydrogen-bond acceptors (Lipinski definition) is 4. The molecule has 25 heavy (non-hydrogen) atoms. The lowest BCUT2D eigenvalue weighted by molar-refractivity contribution is -0.116. The second-order valence-electron chi connectivity index (χ2n) is 5.83. The molecule has 0 bridgehead atoms. The van der Waals surface area contributed by atoms with Crippen molar-refractivity contribution < 1.29 is 17.4 Å². The van der Waals surface area contributed by atoms with Gasteiger partial charge in [0.2, 0.25) is 0 Å². The number of hydrogen-bond donors (Lipinski definition) is 0. The van der Waals surface area contributed by atoms with Crippen molar-refractivity contribution in [3.8, 4) is 5.75 Å². The van der Waals surface area contributed by atoms with Gasteiger partial charge in [0, 0.05) is 11.4 Å². The van der Waals surface area contributed by atoms with Crippen LogP contribution in [0.2, 0.25) is 10.0 Å². The molecule has 0 unspecified atom stereocenters. The van der Waals surface area contributed by atoms with Gasteiger partial charge in [-0.2, -0.15) is 8.42 Å². The number of benzene rings is 2. The molecular formula is C18H18Cl2O4S. The summed E-state index contributed by atoms with van der Waals surface area (Å²) in [6.45, 7) is 4.79. The molecule has 0 aliphatic heterocycles. The van der Waals surface area contributed by atoms with E-state index < -0.39 is 10.1 Å². The SMILES string of the molecule is CC(=O)CCc1ccc(OS(=O)(=O)c2c(C)c(Cl)cc(C)c2Cl)cc1. The Balaban J connectivity index is 2.29. The molecule has 0 radical (unpaired) electrons. The Bertz CT molecular complexity index is 877. The molecule has 4 nitrogen and oxygen atoms in total. The summed E-state index contributed by atoms with van der Waals surface area (Å²) in [4.78, 5) is 10.9. The molecule has 0 N–H and O–H groups in total. The Morgan fingerprint density at radius 1 is 1.12 bits per heavy atom. The van der Waals surface area contributed by atoms with Gasteiger partial charge < -0.3 is 8.98 Å². The Morgan fingerprint density at radius 2 is 1.72 bits per heavy atom. The van der Waals surface area contributed by atoms with E-state index in [1.54, 1.807) is 44.2 Å². The molecule has 0 saturated heterocycles. The molecule has 0 fully saturated rings. The van der Waals surface area contributed by atoms with E-state index in [-0.39, 0.29) is 21.5 Å². The van der Waals surface area contributed by atoms with Crippen molar-refractivity contribution in [3.05, 3.63) is 57.1 Å². The van der Waals surface area contributed by atoms with Gasteiger partial charge in [0.25, 0.3) is 0 Å². The second-order valence-corrected chi connectivity index (χ2v) is 8.10. The highest BCUT2D eigenvalue weighted by atomic mass is 35.5. The van der Waals surface area contributed by atoms with Crippen molar-refractivity contribution in [2.45, 2.75) is 38.5 Å². The molecule has 0 saturated carbocycles. The van der Waals surface area contributed by atoms with E-state index in [0.717, 1.165) is 5.56 Å². The van der Waals surface area contributed by atoms with E-state index in [2.05, 4.69) is 0 Å². The van der Waals surface area contributed by atoms with Crippen molar-refractivity contribution in [2.75, 3.05) is 0 Å². The van der Waals surface area contributed by atoms with Crippen LogP contribution in [0.1, 0.15) is 30.0 Å². The molecule has 0 aliphatic rings. The number of aryl methyl sites for hydroxylation is 2. The smallest absolute Gasteiger partial charge is 0.341 e. The molecule has 0 spiro atoms. The molecule has 0 aliphatic carbocycles. The van der Waals surface area contributed by atoms with Gasteiger partial charge >= 0.3 is 10.1 Å². The number of ketones is 1. The monoisotopic (exact) mass is 400 g/mol. The third-order valence-corrected chi connectivity index (χ3v) is 6.15.